The van der Waals surface area contributed by atoms with Gasteiger partial charge >= 0.3 is 11.8 Å². The van der Waals surface area contributed by atoms with Crippen LogP contribution in [0.15, 0.2) is 88.7 Å². The summed E-state index contributed by atoms with van der Waals surface area (Å²) in [7, 11) is 0. The lowest BCUT2D eigenvalue weighted by molar-refractivity contribution is -0.136. The van der Waals surface area contributed by atoms with Crippen LogP contribution >= 0.6 is 11.8 Å². The van der Waals surface area contributed by atoms with E-state index in [0.717, 1.165) is 9.79 Å². The molecule has 0 spiro atoms. The lowest BCUT2D eigenvalue weighted by atomic mass is 10.2. The van der Waals surface area contributed by atoms with Gasteiger partial charge in [0.15, 0.2) is 11.5 Å². The number of ether oxygens (including phenoxy) is 2. The molecule has 4 rings (SSSR count). The molecular formula is C23H20N2O4S. The Balaban J connectivity index is 1.33. The maximum atomic E-state index is 12.4. The molecule has 0 fully saturated rings. The van der Waals surface area contributed by atoms with Crippen LogP contribution in [0.25, 0.3) is 0 Å². The number of carbonyl (C=O) groups is 2. The summed E-state index contributed by atoms with van der Waals surface area (Å²) in [5.41, 5.74) is 0.581. The number of para-hydroxylation sites is 3. The Bertz CT molecular complexity index is 1040. The minimum absolute atomic E-state index is 0.168. The zero-order valence-corrected chi connectivity index (χ0v) is 16.9. The Kier molecular flexibility index (Phi) is 6.20. The number of hydrogen-bond acceptors (Lipinski definition) is 5. The van der Waals surface area contributed by atoms with Gasteiger partial charge in [0, 0.05) is 9.79 Å². The summed E-state index contributed by atoms with van der Waals surface area (Å²) in [6, 6.07) is 24.5. The second-order valence-corrected chi connectivity index (χ2v) is 7.69. The van der Waals surface area contributed by atoms with E-state index in [9.17, 15) is 9.59 Å². The SMILES string of the molecule is O=C(NCC1COc2ccccc2O1)C(=O)Nc1ccccc1Sc1ccccc1. The third-order valence-electron chi connectivity index (χ3n) is 4.37. The quantitative estimate of drug-likeness (QED) is 0.615. The van der Waals surface area contributed by atoms with E-state index in [1.807, 2.05) is 66.7 Å². The summed E-state index contributed by atoms with van der Waals surface area (Å²) in [4.78, 5) is 26.6. The molecule has 3 aromatic rings. The second kappa shape index (κ2) is 9.37. The zero-order chi connectivity index (χ0) is 20.8. The number of amides is 2. The van der Waals surface area contributed by atoms with Crippen LogP contribution in [0.3, 0.4) is 0 Å². The summed E-state index contributed by atoms with van der Waals surface area (Å²) in [6.45, 7) is 0.469. The van der Waals surface area contributed by atoms with Crippen molar-refractivity contribution in [3.8, 4) is 11.5 Å². The minimum atomic E-state index is -0.728. The van der Waals surface area contributed by atoms with Crippen LogP contribution in [-0.4, -0.2) is 31.1 Å². The lowest BCUT2D eigenvalue weighted by Crippen LogP contribution is -2.44. The zero-order valence-electron chi connectivity index (χ0n) is 16.0. The molecule has 0 bridgehead atoms. The molecule has 7 heteroatoms. The third-order valence-corrected chi connectivity index (χ3v) is 5.45. The first-order valence-electron chi connectivity index (χ1n) is 9.48. The molecule has 2 N–H and O–H groups in total. The number of carbonyl (C=O) groups excluding carboxylic acids is 2. The van der Waals surface area contributed by atoms with E-state index in [1.54, 1.807) is 12.1 Å². The standard InChI is InChI=1S/C23H20N2O4S/c26-22(24-14-16-15-28-19-11-5-6-12-20(19)29-16)23(27)25-18-10-4-7-13-21(18)30-17-8-2-1-3-9-17/h1-13,16H,14-15H2,(H,24,26)(H,25,27). The summed E-state index contributed by atoms with van der Waals surface area (Å²) < 4.78 is 11.4. The van der Waals surface area contributed by atoms with Crippen molar-refractivity contribution in [3.05, 3.63) is 78.9 Å². The van der Waals surface area contributed by atoms with Crippen LogP contribution in [-0.2, 0) is 9.59 Å². The van der Waals surface area contributed by atoms with E-state index in [-0.39, 0.29) is 12.6 Å². The molecule has 0 saturated heterocycles. The van der Waals surface area contributed by atoms with Crippen LogP contribution in [0.1, 0.15) is 0 Å². The summed E-state index contributed by atoms with van der Waals surface area (Å²) in [5, 5.41) is 5.30. The monoisotopic (exact) mass is 420 g/mol. The molecule has 152 valence electrons. The Morgan fingerprint density at radius 3 is 2.40 bits per heavy atom. The molecule has 1 aliphatic rings. The lowest BCUT2D eigenvalue weighted by Gasteiger charge is -2.26. The predicted molar refractivity (Wildman–Crippen MR) is 115 cm³/mol. The molecule has 0 aromatic heterocycles. The first-order valence-corrected chi connectivity index (χ1v) is 10.3. The van der Waals surface area contributed by atoms with Crippen molar-refractivity contribution < 1.29 is 19.1 Å². The molecule has 3 aromatic carbocycles. The molecule has 1 heterocycles. The predicted octanol–water partition coefficient (Wildman–Crippen LogP) is 3.73. The fraction of sp³-hybridized carbons (Fsp3) is 0.130. The first kappa shape index (κ1) is 19.8. The highest BCUT2D eigenvalue weighted by atomic mass is 32.2. The van der Waals surface area contributed by atoms with Crippen molar-refractivity contribution in [1.82, 2.24) is 5.32 Å². The van der Waals surface area contributed by atoms with Crippen LogP contribution < -0.4 is 20.1 Å². The highest BCUT2D eigenvalue weighted by molar-refractivity contribution is 7.99. The molecule has 0 saturated carbocycles. The molecule has 0 radical (unpaired) electrons. The van der Waals surface area contributed by atoms with Gasteiger partial charge in [-0.05, 0) is 36.4 Å². The number of rotatable bonds is 5. The molecule has 0 aliphatic carbocycles. The summed E-state index contributed by atoms with van der Waals surface area (Å²) in [5.74, 6) is -0.158. The molecule has 1 atom stereocenters. The topological polar surface area (TPSA) is 76.7 Å². The van der Waals surface area contributed by atoms with Crippen LogP contribution in [0, 0.1) is 0 Å². The Labute approximate surface area is 178 Å². The largest absolute Gasteiger partial charge is 0.486 e. The van der Waals surface area contributed by atoms with Crippen LogP contribution in [0.4, 0.5) is 5.69 Å². The van der Waals surface area contributed by atoms with Crippen LogP contribution in [0.5, 0.6) is 11.5 Å². The molecule has 1 unspecified atom stereocenters. The smallest absolute Gasteiger partial charge is 0.313 e. The van der Waals surface area contributed by atoms with E-state index in [4.69, 9.17) is 9.47 Å². The van der Waals surface area contributed by atoms with Crippen molar-refractivity contribution in [2.45, 2.75) is 15.9 Å². The van der Waals surface area contributed by atoms with Gasteiger partial charge in [0.2, 0.25) is 0 Å². The number of nitrogens with one attached hydrogen (secondary N) is 2. The van der Waals surface area contributed by atoms with Gasteiger partial charge in [0.1, 0.15) is 12.7 Å². The van der Waals surface area contributed by atoms with E-state index in [1.165, 1.54) is 11.8 Å². The second-order valence-electron chi connectivity index (χ2n) is 6.57. The Morgan fingerprint density at radius 1 is 0.867 bits per heavy atom. The van der Waals surface area contributed by atoms with Crippen molar-refractivity contribution >= 4 is 29.3 Å². The van der Waals surface area contributed by atoms with Gasteiger partial charge in [0.05, 0.1) is 12.2 Å². The van der Waals surface area contributed by atoms with Crippen molar-refractivity contribution in [3.63, 3.8) is 0 Å². The normalized spacial score (nSPS) is 14.6. The van der Waals surface area contributed by atoms with Crippen molar-refractivity contribution in [2.24, 2.45) is 0 Å². The molecule has 6 nitrogen and oxygen atoms in total. The minimum Gasteiger partial charge on any atom is -0.486 e. The molecule has 30 heavy (non-hydrogen) atoms. The molecular weight excluding hydrogens is 400 g/mol. The first-order chi connectivity index (χ1) is 14.7. The molecule has 1 aliphatic heterocycles. The van der Waals surface area contributed by atoms with E-state index in [2.05, 4.69) is 10.6 Å². The van der Waals surface area contributed by atoms with Gasteiger partial charge in [-0.25, -0.2) is 0 Å². The maximum Gasteiger partial charge on any atom is 0.313 e. The van der Waals surface area contributed by atoms with Gasteiger partial charge in [-0.3, -0.25) is 9.59 Å². The Morgan fingerprint density at radius 2 is 1.57 bits per heavy atom. The summed E-state index contributed by atoms with van der Waals surface area (Å²) >= 11 is 1.51. The summed E-state index contributed by atoms with van der Waals surface area (Å²) in [6.07, 6.45) is -0.363. The van der Waals surface area contributed by atoms with Gasteiger partial charge in [-0.2, -0.15) is 0 Å². The Hall–Kier alpha value is -3.45. The maximum absolute atomic E-state index is 12.4. The third kappa shape index (κ3) is 4.93. The number of benzene rings is 3. The van der Waals surface area contributed by atoms with Gasteiger partial charge in [-0.1, -0.05) is 54.2 Å². The van der Waals surface area contributed by atoms with E-state index in [0.29, 0.717) is 23.8 Å². The fourth-order valence-corrected chi connectivity index (χ4v) is 3.83. The van der Waals surface area contributed by atoms with Crippen molar-refractivity contribution in [1.29, 1.82) is 0 Å². The average molecular weight is 420 g/mol. The highest BCUT2D eigenvalue weighted by Crippen LogP contribution is 2.33. The van der Waals surface area contributed by atoms with Gasteiger partial charge < -0.3 is 20.1 Å². The number of hydrogen-bond donors (Lipinski definition) is 2. The van der Waals surface area contributed by atoms with Gasteiger partial charge in [-0.15, -0.1) is 0 Å². The number of fused-ring (bicyclic) bond motifs is 1. The number of anilines is 1. The van der Waals surface area contributed by atoms with E-state index >= 15 is 0 Å². The van der Waals surface area contributed by atoms with E-state index < -0.39 is 11.8 Å². The van der Waals surface area contributed by atoms with Gasteiger partial charge in [0.25, 0.3) is 0 Å². The van der Waals surface area contributed by atoms with Crippen molar-refractivity contribution in [2.75, 3.05) is 18.5 Å². The fourth-order valence-electron chi connectivity index (χ4n) is 2.90. The highest BCUT2D eigenvalue weighted by Gasteiger charge is 2.23. The van der Waals surface area contributed by atoms with Crippen LogP contribution in [0.2, 0.25) is 0 Å². The molecule has 2 amide bonds. The average Bonchev–Trinajstić information content (AvgIpc) is 2.79.